The predicted octanol–water partition coefficient (Wildman–Crippen LogP) is 3.36. The van der Waals surface area contributed by atoms with E-state index < -0.39 is 24.4 Å². The van der Waals surface area contributed by atoms with Crippen LogP contribution < -0.4 is 10.6 Å². The molecule has 1 aliphatic carbocycles. The Kier molecular flexibility index (Phi) is 6.25. The molecule has 1 atom stereocenters. The van der Waals surface area contributed by atoms with Crippen molar-refractivity contribution in [1.29, 1.82) is 0 Å². The van der Waals surface area contributed by atoms with Gasteiger partial charge in [0, 0.05) is 35.2 Å². The van der Waals surface area contributed by atoms with E-state index >= 15 is 0 Å². The SMILES string of the molecule is CC1CCc2[nH]c3ccc(C(=O)OCC(=O)N(CCC(N)=O)c4ccccc4)cc3c2C1. The topological polar surface area (TPSA) is 105 Å². The number of para-hydroxylation sites is 1. The van der Waals surface area contributed by atoms with E-state index in [2.05, 4.69) is 11.9 Å². The third-order valence-corrected chi connectivity index (χ3v) is 5.95. The first kappa shape index (κ1) is 21.6. The number of ether oxygens (including phenoxy) is 1. The van der Waals surface area contributed by atoms with E-state index in [4.69, 9.17) is 10.5 Å². The molecule has 1 aromatic heterocycles. The molecule has 0 radical (unpaired) electrons. The summed E-state index contributed by atoms with van der Waals surface area (Å²) in [7, 11) is 0. The average Bonchev–Trinajstić information content (AvgIpc) is 3.15. The van der Waals surface area contributed by atoms with Crippen molar-refractivity contribution >= 4 is 34.4 Å². The molecule has 7 heteroatoms. The zero-order valence-electron chi connectivity index (χ0n) is 18.1. The van der Waals surface area contributed by atoms with Crippen LogP contribution in [0.1, 0.15) is 41.4 Å². The molecule has 0 aliphatic heterocycles. The van der Waals surface area contributed by atoms with Crippen LogP contribution in [0.3, 0.4) is 0 Å². The first-order valence-corrected chi connectivity index (χ1v) is 10.9. The molecule has 7 nitrogen and oxygen atoms in total. The zero-order valence-corrected chi connectivity index (χ0v) is 18.1. The number of aromatic amines is 1. The van der Waals surface area contributed by atoms with Gasteiger partial charge in [0.1, 0.15) is 0 Å². The lowest BCUT2D eigenvalue weighted by Crippen LogP contribution is -2.37. The zero-order chi connectivity index (χ0) is 22.7. The van der Waals surface area contributed by atoms with Crippen molar-refractivity contribution in [3.8, 4) is 0 Å². The summed E-state index contributed by atoms with van der Waals surface area (Å²) in [6.45, 7) is 1.93. The van der Waals surface area contributed by atoms with Crippen LogP contribution >= 0.6 is 0 Å². The molecule has 32 heavy (non-hydrogen) atoms. The number of nitrogens with two attached hydrogens (primary N) is 1. The van der Waals surface area contributed by atoms with Crippen molar-refractivity contribution in [3.05, 3.63) is 65.4 Å². The number of primary amides is 1. The lowest BCUT2D eigenvalue weighted by molar-refractivity contribution is -0.121. The molecular formula is C25H27N3O4. The van der Waals surface area contributed by atoms with Crippen LogP contribution in [0.4, 0.5) is 5.69 Å². The van der Waals surface area contributed by atoms with Gasteiger partial charge in [0.05, 0.1) is 5.56 Å². The van der Waals surface area contributed by atoms with Gasteiger partial charge in [-0.05, 0) is 61.1 Å². The van der Waals surface area contributed by atoms with Crippen LogP contribution in [0, 0.1) is 5.92 Å². The summed E-state index contributed by atoms with van der Waals surface area (Å²) in [4.78, 5) is 41.6. The molecule has 0 fully saturated rings. The number of hydrogen-bond acceptors (Lipinski definition) is 4. The molecule has 0 spiro atoms. The van der Waals surface area contributed by atoms with E-state index in [1.54, 1.807) is 30.3 Å². The van der Waals surface area contributed by atoms with Gasteiger partial charge in [0.25, 0.3) is 5.91 Å². The van der Waals surface area contributed by atoms with Gasteiger partial charge >= 0.3 is 5.97 Å². The highest BCUT2D eigenvalue weighted by molar-refractivity contribution is 5.99. The molecule has 1 aliphatic rings. The second-order valence-corrected chi connectivity index (χ2v) is 8.36. The maximum absolute atomic E-state index is 12.8. The van der Waals surface area contributed by atoms with Crippen LogP contribution in [0.25, 0.3) is 10.9 Å². The molecule has 3 aromatic rings. The van der Waals surface area contributed by atoms with Gasteiger partial charge in [-0.1, -0.05) is 25.1 Å². The number of amides is 2. The number of nitrogens with one attached hydrogen (secondary N) is 1. The number of carbonyl (C=O) groups excluding carboxylic acids is 3. The highest BCUT2D eigenvalue weighted by Gasteiger charge is 2.22. The Morgan fingerprint density at radius 1 is 1.16 bits per heavy atom. The van der Waals surface area contributed by atoms with E-state index in [-0.39, 0.29) is 13.0 Å². The molecule has 1 unspecified atom stereocenters. The van der Waals surface area contributed by atoms with Crippen LogP contribution in [-0.4, -0.2) is 35.9 Å². The number of fused-ring (bicyclic) bond motifs is 3. The van der Waals surface area contributed by atoms with Crippen molar-refractivity contribution in [2.24, 2.45) is 11.7 Å². The van der Waals surface area contributed by atoms with Crippen LogP contribution in [0.5, 0.6) is 0 Å². The lowest BCUT2D eigenvalue weighted by Gasteiger charge is -2.22. The van der Waals surface area contributed by atoms with Crippen molar-refractivity contribution in [2.75, 3.05) is 18.1 Å². The van der Waals surface area contributed by atoms with E-state index in [0.717, 1.165) is 30.2 Å². The van der Waals surface area contributed by atoms with Crippen molar-refractivity contribution < 1.29 is 19.1 Å². The van der Waals surface area contributed by atoms with E-state index in [0.29, 0.717) is 17.2 Å². The smallest absolute Gasteiger partial charge is 0.338 e. The predicted molar refractivity (Wildman–Crippen MR) is 122 cm³/mol. The Hall–Kier alpha value is -3.61. The molecule has 0 saturated carbocycles. The Balaban J connectivity index is 1.47. The third-order valence-electron chi connectivity index (χ3n) is 5.95. The van der Waals surface area contributed by atoms with Gasteiger partial charge in [0.2, 0.25) is 5.91 Å². The minimum Gasteiger partial charge on any atom is -0.452 e. The van der Waals surface area contributed by atoms with Gasteiger partial charge < -0.3 is 20.4 Å². The third kappa shape index (κ3) is 4.66. The summed E-state index contributed by atoms with van der Waals surface area (Å²) in [6.07, 6.45) is 3.17. The van der Waals surface area contributed by atoms with Gasteiger partial charge in [-0.15, -0.1) is 0 Å². The molecule has 3 N–H and O–H groups in total. The standard InChI is InChI=1S/C25H27N3O4/c1-16-7-9-21-19(13-16)20-14-17(8-10-22(20)27-21)25(31)32-15-24(30)28(12-11-23(26)29)18-5-3-2-4-6-18/h2-6,8,10,14,16,27H,7,9,11-13,15H2,1H3,(H2,26,29). The second kappa shape index (κ2) is 9.26. The van der Waals surface area contributed by atoms with Crippen LogP contribution in [-0.2, 0) is 27.2 Å². The Bertz CT molecular complexity index is 1150. The van der Waals surface area contributed by atoms with Crippen LogP contribution in [0.2, 0.25) is 0 Å². The minimum atomic E-state index is -0.554. The minimum absolute atomic E-state index is 0.0161. The largest absolute Gasteiger partial charge is 0.452 e. The quantitative estimate of drug-likeness (QED) is 0.557. The molecule has 166 valence electrons. The average molecular weight is 434 g/mol. The normalized spacial score (nSPS) is 15.2. The second-order valence-electron chi connectivity index (χ2n) is 8.36. The molecule has 0 bridgehead atoms. The van der Waals surface area contributed by atoms with Crippen LogP contribution in [0.15, 0.2) is 48.5 Å². The number of carbonyl (C=O) groups is 3. The first-order chi connectivity index (χ1) is 15.4. The number of H-pyrrole nitrogens is 1. The number of rotatable bonds is 7. The van der Waals surface area contributed by atoms with Gasteiger partial charge in [-0.2, -0.15) is 0 Å². The number of nitrogens with zero attached hydrogens (tertiary/aromatic N) is 1. The summed E-state index contributed by atoms with van der Waals surface area (Å²) < 4.78 is 5.33. The van der Waals surface area contributed by atoms with Gasteiger partial charge in [-0.3, -0.25) is 9.59 Å². The molecule has 0 saturated heterocycles. The number of esters is 1. The summed E-state index contributed by atoms with van der Waals surface area (Å²) >= 11 is 0. The summed E-state index contributed by atoms with van der Waals surface area (Å²) in [5.74, 6) is -0.867. The Labute approximate surface area is 186 Å². The molecule has 2 aromatic carbocycles. The lowest BCUT2D eigenvalue weighted by atomic mass is 9.87. The van der Waals surface area contributed by atoms with E-state index in [9.17, 15) is 14.4 Å². The molecule has 1 heterocycles. The van der Waals surface area contributed by atoms with Gasteiger partial charge in [0.15, 0.2) is 6.61 Å². The van der Waals surface area contributed by atoms with Crippen molar-refractivity contribution in [1.82, 2.24) is 4.98 Å². The highest BCUT2D eigenvalue weighted by Crippen LogP contribution is 2.32. The fraction of sp³-hybridized carbons (Fsp3) is 0.320. The monoisotopic (exact) mass is 433 g/mol. The van der Waals surface area contributed by atoms with E-state index in [1.807, 2.05) is 18.2 Å². The first-order valence-electron chi connectivity index (χ1n) is 10.9. The molecule has 4 rings (SSSR count). The van der Waals surface area contributed by atoms with E-state index in [1.165, 1.54) is 16.2 Å². The maximum atomic E-state index is 12.8. The maximum Gasteiger partial charge on any atom is 0.338 e. The fourth-order valence-corrected chi connectivity index (χ4v) is 4.23. The molecule has 2 amide bonds. The van der Waals surface area contributed by atoms with Crippen molar-refractivity contribution in [2.45, 2.75) is 32.6 Å². The number of benzene rings is 2. The Morgan fingerprint density at radius 3 is 2.69 bits per heavy atom. The van der Waals surface area contributed by atoms with Gasteiger partial charge in [-0.25, -0.2) is 4.79 Å². The summed E-state index contributed by atoms with van der Waals surface area (Å²) in [6, 6.07) is 14.4. The fourth-order valence-electron chi connectivity index (χ4n) is 4.23. The highest BCUT2D eigenvalue weighted by atomic mass is 16.5. The number of anilines is 1. The number of hydrogen-bond donors (Lipinski definition) is 2. The summed E-state index contributed by atoms with van der Waals surface area (Å²) in [5, 5.41) is 1.04. The number of aryl methyl sites for hydroxylation is 1. The number of aromatic nitrogens is 1. The molecular weight excluding hydrogens is 406 g/mol. The Morgan fingerprint density at radius 2 is 1.94 bits per heavy atom. The van der Waals surface area contributed by atoms with Crippen molar-refractivity contribution in [3.63, 3.8) is 0 Å². The summed E-state index contributed by atoms with van der Waals surface area (Å²) in [5.41, 5.74) is 9.80.